The van der Waals surface area contributed by atoms with Gasteiger partial charge < -0.3 is 20.1 Å². The van der Waals surface area contributed by atoms with Gasteiger partial charge in [-0.25, -0.2) is 13.8 Å². The zero-order chi connectivity index (χ0) is 20.0. The minimum atomic E-state index is -0.652. The smallest absolute Gasteiger partial charge is 0.137 e. The van der Waals surface area contributed by atoms with Gasteiger partial charge in [0.1, 0.15) is 29.7 Å². The summed E-state index contributed by atoms with van der Waals surface area (Å²) in [6.45, 7) is 6.28. The zero-order valence-electron chi connectivity index (χ0n) is 16.1. The lowest BCUT2D eigenvalue weighted by Gasteiger charge is -2.38. The second kappa shape index (κ2) is 7.51. The predicted molar refractivity (Wildman–Crippen MR) is 99.2 cm³/mol. The van der Waals surface area contributed by atoms with E-state index >= 15 is 0 Å². The van der Waals surface area contributed by atoms with Gasteiger partial charge in [0.15, 0.2) is 0 Å². The van der Waals surface area contributed by atoms with E-state index in [1.165, 1.54) is 0 Å². The SMILES string of the molecule is CCn1c(C(C)O)nc2c1CN([C@H]1CO[C@H](c3cc(F)ccc3F)[C@@H](N)C1)C2. The van der Waals surface area contributed by atoms with E-state index in [0.717, 1.165) is 36.1 Å². The molecule has 6 nitrogen and oxygen atoms in total. The maximum atomic E-state index is 14.1. The summed E-state index contributed by atoms with van der Waals surface area (Å²) in [5.41, 5.74) is 8.56. The number of aliphatic hydroxyl groups excluding tert-OH is 1. The number of aromatic nitrogens is 2. The number of aliphatic hydroxyl groups is 1. The van der Waals surface area contributed by atoms with E-state index in [0.29, 0.717) is 31.9 Å². The molecule has 8 heteroatoms. The maximum Gasteiger partial charge on any atom is 0.137 e. The lowest BCUT2D eigenvalue weighted by Crippen LogP contribution is -2.48. The van der Waals surface area contributed by atoms with Gasteiger partial charge in [-0.1, -0.05) is 0 Å². The van der Waals surface area contributed by atoms with E-state index in [9.17, 15) is 13.9 Å². The van der Waals surface area contributed by atoms with Gasteiger partial charge in [0.25, 0.3) is 0 Å². The number of fused-ring (bicyclic) bond motifs is 1. The number of rotatable bonds is 4. The van der Waals surface area contributed by atoms with Crippen molar-refractivity contribution in [1.29, 1.82) is 0 Å². The Labute approximate surface area is 162 Å². The highest BCUT2D eigenvalue weighted by atomic mass is 19.1. The monoisotopic (exact) mass is 392 g/mol. The second-order valence-electron chi connectivity index (χ2n) is 7.66. The Morgan fingerprint density at radius 2 is 2.14 bits per heavy atom. The molecule has 0 saturated carbocycles. The van der Waals surface area contributed by atoms with Crippen LogP contribution < -0.4 is 5.73 Å². The minimum Gasteiger partial charge on any atom is -0.385 e. The van der Waals surface area contributed by atoms with Crippen molar-refractivity contribution in [3.8, 4) is 0 Å². The lowest BCUT2D eigenvalue weighted by molar-refractivity contribution is -0.0535. The fourth-order valence-corrected chi connectivity index (χ4v) is 4.38. The van der Waals surface area contributed by atoms with Crippen molar-refractivity contribution in [2.75, 3.05) is 6.61 Å². The molecule has 152 valence electrons. The Kier molecular flexibility index (Phi) is 5.22. The normalized spacial score (nSPS) is 26.4. The van der Waals surface area contributed by atoms with E-state index in [2.05, 4.69) is 14.5 Å². The molecule has 2 aliphatic heterocycles. The molecule has 4 atom stereocenters. The van der Waals surface area contributed by atoms with Crippen molar-refractivity contribution in [3.63, 3.8) is 0 Å². The summed E-state index contributed by atoms with van der Waals surface area (Å²) in [5, 5.41) is 9.93. The first-order valence-electron chi connectivity index (χ1n) is 9.71. The molecule has 1 aromatic heterocycles. The topological polar surface area (TPSA) is 76.5 Å². The highest BCUT2D eigenvalue weighted by Crippen LogP contribution is 2.35. The maximum absolute atomic E-state index is 14.1. The summed E-state index contributed by atoms with van der Waals surface area (Å²) in [6, 6.07) is 3.02. The van der Waals surface area contributed by atoms with Gasteiger partial charge in [-0.3, -0.25) is 4.90 Å². The van der Waals surface area contributed by atoms with Gasteiger partial charge >= 0.3 is 0 Å². The van der Waals surface area contributed by atoms with Gasteiger partial charge in [0.2, 0.25) is 0 Å². The molecule has 2 aromatic rings. The Balaban J connectivity index is 1.46. The van der Waals surface area contributed by atoms with Crippen molar-refractivity contribution in [2.24, 2.45) is 5.73 Å². The van der Waals surface area contributed by atoms with Crippen molar-refractivity contribution < 1.29 is 18.6 Å². The Morgan fingerprint density at radius 3 is 2.82 bits per heavy atom. The second-order valence-corrected chi connectivity index (χ2v) is 7.66. The highest BCUT2D eigenvalue weighted by Gasteiger charge is 2.38. The molecule has 0 spiro atoms. The summed E-state index contributed by atoms with van der Waals surface area (Å²) in [5.74, 6) is -0.299. The van der Waals surface area contributed by atoms with Crippen LogP contribution in [0, 0.1) is 11.6 Å². The molecule has 3 heterocycles. The van der Waals surface area contributed by atoms with Gasteiger partial charge in [-0.2, -0.15) is 0 Å². The molecule has 1 saturated heterocycles. The molecule has 4 rings (SSSR count). The predicted octanol–water partition coefficient (Wildman–Crippen LogP) is 2.41. The number of halogens is 2. The van der Waals surface area contributed by atoms with Crippen LogP contribution in [0.25, 0.3) is 0 Å². The van der Waals surface area contributed by atoms with Gasteiger partial charge in [-0.05, 0) is 38.5 Å². The average molecular weight is 392 g/mol. The molecule has 0 aliphatic carbocycles. The van der Waals surface area contributed by atoms with Crippen LogP contribution in [0.4, 0.5) is 8.78 Å². The Morgan fingerprint density at radius 1 is 1.36 bits per heavy atom. The fraction of sp³-hybridized carbons (Fsp3) is 0.550. The first kappa shape index (κ1) is 19.4. The summed E-state index contributed by atoms with van der Waals surface area (Å²) in [4.78, 5) is 6.87. The molecule has 2 aliphatic rings. The van der Waals surface area contributed by atoms with E-state index in [4.69, 9.17) is 10.5 Å². The third kappa shape index (κ3) is 3.34. The summed E-state index contributed by atoms with van der Waals surface area (Å²) in [6.07, 6.45) is -0.631. The summed E-state index contributed by atoms with van der Waals surface area (Å²) < 4.78 is 35.6. The molecule has 1 aromatic carbocycles. The van der Waals surface area contributed by atoms with Crippen LogP contribution in [-0.2, 0) is 24.4 Å². The average Bonchev–Trinajstić information content (AvgIpc) is 3.21. The van der Waals surface area contributed by atoms with Gasteiger partial charge in [0, 0.05) is 37.3 Å². The Bertz CT molecular complexity index is 870. The first-order chi connectivity index (χ1) is 13.4. The van der Waals surface area contributed by atoms with E-state index in [-0.39, 0.29) is 11.6 Å². The highest BCUT2D eigenvalue weighted by molar-refractivity contribution is 5.25. The van der Waals surface area contributed by atoms with Crippen LogP contribution in [0.3, 0.4) is 0 Å². The van der Waals surface area contributed by atoms with Gasteiger partial charge in [-0.15, -0.1) is 0 Å². The zero-order valence-corrected chi connectivity index (χ0v) is 16.1. The van der Waals surface area contributed by atoms with E-state index in [1.807, 2.05) is 6.92 Å². The number of hydrogen-bond acceptors (Lipinski definition) is 5. The fourth-order valence-electron chi connectivity index (χ4n) is 4.38. The van der Waals surface area contributed by atoms with E-state index in [1.54, 1.807) is 6.92 Å². The number of nitrogens with two attached hydrogens (primary N) is 1. The molecule has 1 unspecified atom stereocenters. The Hall–Kier alpha value is -1.87. The summed E-state index contributed by atoms with van der Waals surface area (Å²) in [7, 11) is 0. The largest absolute Gasteiger partial charge is 0.385 e. The van der Waals surface area contributed by atoms with Crippen LogP contribution >= 0.6 is 0 Å². The molecular weight excluding hydrogens is 366 g/mol. The van der Waals surface area contributed by atoms with Crippen molar-refractivity contribution in [3.05, 3.63) is 52.6 Å². The minimum absolute atomic E-state index is 0.0809. The molecule has 1 fully saturated rings. The molecule has 0 radical (unpaired) electrons. The van der Waals surface area contributed by atoms with Crippen molar-refractivity contribution in [1.82, 2.24) is 14.5 Å². The van der Waals surface area contributed by atoms with Crippen LogP contribution in [0.5, 0.6) is 0 Å². The molecule has 0 amide bonds. The first-order valence-corrected chi connectivity index (χ1v) is 9.71. The lowest BCUT2D eigenvalue weighted by atomic mass is 9.93. The summed E-state index contributed by atoms with van der Waals surface area (Å²) >= 11 is 0. The molecule has 0 bridgehead atoms. The van der Waals surface area contributed by atoms with Gasteiger partial charge in [0.05, 0.1) is 18.0 Å². The molecule has 3 N–H and O–H groups in total. The van der Waals surface area contributed by atoms with Crippen LogP contribution in [0.2, 0.25) is 0 Å². The molecule has 28 heavy (non-hydrogen) atoms. The van der Waals surface area contributed by atoms with Crippen LogP contribution in [-0.4, -0.2) is 38.2 Å². The third-order valence-electron chi connectivity index (χ3n) is 5.76. The quantitative estimate of drug-likeness (QED) is 0.836. The number of hydrogen-bond donors (Lipinski definition) is 2. The standard InChI is InChI=1S/C20H26F2N4O2/c1-3-26-18-9-25(8-17(18)24-20(26)11(2)27)13-7-16(23)19(28-10-13)14-6-12(21)4-5-15(14)22/h4-6,11,13,16,19,27H,3,7-10,23H2,1-2H3/t11?,13-,16+,19-/m1/s1. The third-order valence-corrected chi connectivity index (χ3v) is 5.76. The number of imidazole rings is 1. The van der Waals surface area contributed by atoms with Crippen molar-refractivity contribution in [2.45, 2.75) is 64.2 Å². The molecular formula is C20H26F2N4O2. The van der Waals surface area contributed by atoms with Crippen LogP contribution in [0.1, 0.15) is 55.3 Å². The number of ether oxygens (including phenoxy) is 1. The number of benzene rings is 1. The van der Waals surface area contributed by atoms with Crippen molar-refractivity contribution >= 4 is 0 Å². The van der Waals surface area contributed by atoms with Crippen LogP contribution in [0.15, 0.2) is 18.2 Å². The van der Waals surface area contributed by atoms with E-state index < -0.39 is 29.9 Å². The number of nitrogens with zero attached hydrogens (tertiary/aromatic N) is 3.